The maximum Gasteiger partial charge on any atom is 0.0703 e. The first-order chi connectivity index (χ1) is 5.55. The molecule has 0 bridgehead atoms. The molecule has 1 unspecified atom stereocenters. The van der Waals surface area contributed by atoms with E-state index in [1.165, 1.54) is 0 Å². The molecular formula is C8H20N4. The number of hydrogen-bond acceptors (Lipinski definition) is 4. The molecule has 12 heavy (non-hydrogen) atoms. The van der Waals surface area contributed by atoms with Gasteiger partial charge in [-0.1, -0.05) is 13.8 Å². The summed E-state index contributed by atoms with van der Waals surface area (Å²) in [5.41, 5.74) is 5.96. The zero-order valence-corrected chi connectivity index (χ0v) is 8.22. The number of rotatable bonds is 2. The van der Waals surface area contributed by atoms with Crippen molar-refractivity contribution in [2.75, 3.05) is 20.0 Å². The average molecular weight is 172 g/mol. The van der Waals surface area contributed by atoms with E-state index < -0.39 is 0 Å². The third-order valence-electron chi connectivity index (χ3n) is 2.71. The Morgan fingerprint density at radius 2 is 1.83 bits per heavy atom. The van der Waals surface area contributed by atoms with Crippen LogP contribution in [0.1, 0.15) is 20.8 Å². The molecule has 0 spiro atoms. The molecule has 1 rings (SSSR count). The Morgan fingerprint density at radius 3 is 2.25 bits per heavy atom. The molecule has 0 radical (unpaired) electrons. The van der Waals surface area contributed by atoms with Gasteiger partial charge in [0, 0.05) is 6.67 Å². The molecule has 4 N–H and O–H groups in total. The van der Waals surface area contributed by atoms with Gasteiger partial charge in [-0.3, -0.25) is 15.5 Å². The van der Waals surface area contributed by atoms with Crippen molar-refractivity contribution in [2.45, 2.75) is 26.4 Å². The van der Waals surface area contributed by atoms with Crippen LogP contribution in [0.2, 0.25) is 0 Å². The molecule has 4 heteroatoms. The molecule has 1 atom stereocenters. The highest BCUT2D eigenvalue weighted by Gasteiger charge is 2.31. The first kappa shape index (κ1) is 9.92. The predicted molar refractivity (Wildman–Crippen MR) is 50.1 cm³/mol. The lowest BCUT2D eigenvalue weighted by atomic mass is 9.98. The van der Waals surface area contributed by atoms with Gasteiger partial charge >= 0.3 is 0 Å². The highest BCUT2D eigenvalue weighted by molar-refractivity contribution is 4.83. The summed E-state index contributed by atoms with van der Waals surface area (Å²) >= 11 is 0. The van der Waals surface area contributed by atoms with E-state index in [2.05, 4.69) is 36.3 Å². The molecule has 0 aromatic carbocycles. The summed E-state index contributed by atoms with van der Waals surface area (Å²) in [6.07, 6.45) is 0. The third-order valence-corrected chi connectivity index (χ3v) is 2.71. The van der Waals surface area contributed by atoms with Gasteiger partial charge in [0.2, 0.25) is 0 Å². The molecule has 1 heterocycles. The summed E-state index contributed by atoms with van der Waals surface area (Å²) in [6, 6.07) is 0. The van der Waals surface area contributed by atoms with Crippen molar-refractivity contribution in [3.8, 4) is 0 Å². The van der Waals surface area contributed by atoms with Gasteiger partial charge in [0.25, 0.3) is 0 Å². The number of hydrogen-bond donors (Lipinski definition) is 3. The predicted octanol–water partition coefficient (Wildman–Crippen LogP) is -0.315. The summed E-state index contributed by atoms with van der Waals surface area (Å²) in [5.74, 6) is 0.458. The molecule has 0 aromatic rings. The van der Waals surface area contributed by atoms with Crippen LogP contribution in [0.3, 0.4) is 0 Å². The lowest BCUT2D eigenvalue weighted by Gasteiger charge is -2.43. The second-order valence-electron chi connectivity index (χ2n) is 3.91. The van der Waals surface area contributed by atoms with E-state index >= 15 is 0 Å². The largest absolute Gasteiger partial charge is 0.313 e. The highest BCUT2D eigenvalue weighted by Crippen LogP contribution is 2.17. The fourth-order valence-electron chi connectivity index (χ4n) is 1.23. The Balaban J connectivity index is 2.53. The summed E-state index contributed by atoms with van der Waals surface area (Å²) in [5, 5.41) is 6.46. The fraction of sp³-hybridized carbons (Fsp3) is 1.00. The Kier molecular flexibility index (Phi) is 3.06. The minimum absolute atomic E-state index is 0.222. The van der Waals surface area contributed by atoms with Crippen LogP contribution in [0.5, 0.6) is 0 Å². The molecule has 1 fully saturated rings. The summed E-state index contributed by atoms with van der Waals surface area (Å²) in [7, 11) is 0. The Bertz CT molecular complexity index is 138. The maximum absolute atomic E-state index is 6.18. The molecule has 72 valence electrons. The van der Waals surface area contributed by atoms with Gasteiger partial charge in [0.1, 0.15) is 0 Å². The highest BCUT2D eigenvalue weighted by atomic mass is 15.4. The van der Waals surface area contributed by atoms with Crippen LogP contribution in [0.15, 0.2) is 0 Å². The minimum Gasteiger partial charge on any atom is -0.313 e. The van der Waals surface area contributed by atoms with Crippen molar-refractivity contribution < 1.29 is 0 Å². The van der Waals surface area contributed by atoms with Crippen LogP contribution in [0, 0.1) is 5.92 Å². The zero-order chi connectivity index (χ0) is 9.19. The van der Waals surface area contributed by atoms with Gasteiger partial charge in [-0.25, -0.2) is 0 Å². The van der Waals surface area contributed by atoms with E-state index in [4.69, 9.17) is 5.73 Å². The lowest BCUT2D eigenvalue weighted by Crippen LogP contribution is -2.65. The van der Waals surface area contributed by atoms with Crippen LogP contribution in [0.25, 0.3) is 0 Å². The van der Waals surface area contributed by atoms with E-state index in [-0.39, 0.29) is 5.66 Å². The van der Waals surface area contributed by atoms with Crippen molar-refractivity contribution in [1.29, 1.82) is 0 Å². The number of nitrogens with two attached hydrogens (primary N) is 1. The smallest absolute Gasteiger partial charge is 0.0703 e. The Labute approximate surface area is 74.5 Å². The first-order valence-electron chi connectivity index (χ1n) is 4.50. The van der Waals surface area contributed by atoms with Crippen molar-refractivity contribution in [3.05, 3.63) is 0 Å². The monoisotopic (exact) mass is 172 g/mol. The normalized spacial score (nSPS) is 25.8. The standard InChI is InChI=1S/C8H20N4/c1-7(2)8(3,9)12-5-10-4-11-6-12/h7,10-11H,4-6,9H2,1-3H3. The molecule has 0 aliphatic carbocycles. The molecule has 4 nitrogen and oxygen atoms in total. The van der Waals surface area contributed by atoms with E-state index in [0.29, 0.717) is 5.92 Å². The van der Waals surface area contributed by atoms with E-state index in [1.807, 2.05) is 0 Å². The maximum atomic E-state index is 6.18. The van der Waals surface area contributed by atoms with Crippen LogP contribution < -0.4 is 16.4 Å². The van der Waals surface area contributed by atoms with Crippen molar-refractivity contribution >= 4 is 0 Å². The van der Waals surface area contributed by atoms with Crippen molar-refractivity contribution in [2.24, 2.45) is 11.7 Å². The molecule has 0 saturated carbocycles. The SMILES string of the molecule is CC(C)C(C)(N)N1CNCNC1. The fourth-order valence-corrected chi connectivity index (χ4v) is 1.23. The summed E-state index contributed by atoms with van der Waals surface area (Å²) < 4.78 is 0. The Hall–Kier alpha value is -0.160. The third kappa shape index (κ3) is 1.95. The van der Waals surface area contributed by atoms with Crippen LogP contribution in [-0.4, -0.2) is 30.6 Å². The van der Waals surface area contributed by atoms with Gasteiger partial charge in [-0.15, -0.1) is 0 Å². The van der Waals surface area contributed by atoms with Crippen LogP contribution in [-0.2, 0) is 0 Å². The van der Waals surface area contributed by atoms with E-state index in [9.17, 15) is 0 Å². The van der Waals surface area contributed by atoms with Crippen molar-refractivity contribution in [3.63, 3.8) is 0 Å². The zero-order valence-electron chi connectivity index (χ0n) is 8.22. The molecule has 0 aromatic heterocycles. The van der Waals surface area contributed by atoms with Gasteiger partial charge in [-0.05, 0) is 12.8 Å². The van der Waals surface area contributed by atoms with E-state index in [1.54, 1.807) is 0 Å². The Morgan fingerprint density at radius 1 is 1.33 bits per heavy atom. The molecule has 1 aliphatic heterocycles. The van der Waals surface area contributed by atoms with Gasteiger partial charge in [0.05, 0.1) is 19.0 Å². The van der Waals surface area contributed by atoms with Gasteiger partial charge in [0.15, 0.2) is 0 Å². The quantitative estimate of drug-likeness (QED) is 0.534. The second kappa shape index (κ2) is 3.70. The summed E-state index contributed by atoms with van der Waals surface area (Å²) in [4.78, 5) is 2.21. The first-order valence-corrected chi connectivity index (χ1v) is 4.50. The molecule has 1 saturated heterocycles. The van der Waals surface area contributed by atoms with Gasteiger partial charge in [-0.2, -0.15) is 0 Å². The molecular weight excluding hydrogens is 152 g/mol. The average Bonchev–Trinajstić information content (AvgIpc) is 2.06. The van der Waals surface area contributed by atoms with Crippen molar-refractivity contribution in [1.82, 2.24) is 15.5 Å². The van der Waals surface area contributed by atoms with E-state index in [0.717, 1.165) is 20.0 Å². The molecule has 0 amide bonds. The summed E-state index contributed by atoms with van der Waals surface area (Å²) in [6.45, 7) is 9.00. The number of nitrogens with zero attached hydrogens (tertiary/aromatic N) is 1. The topological polar surface area (TPSA) is 53.3 Å². The van der Waals surface area contributed by atoms with Crippen LogP contribution in [0.4, 0.5) is 0 Å². The minimum atomic E-state index is -0.222. The van der Waals surface area contributed by atoms with Gasteiger partial charge < -0.3 is 5.73 Å². The van der Waals surface area contributed by atoms with Crippen LogP contribution >= 0.6 is 0 Å². The number of nitrogens with one attached hydrogen (secondary N) is 2. The molecule has 1 aliphatic rings. The lowest BCUT2D eigenvalue weighted by molar-refractivity contribution is 0.0303. The second-order valence-corrected chi connectivity index (χ2v) is 3.91.